The van der Waals surface area contributed by atoms with Crippen molar-refractivity contribution in [2.75, 3.05) is 30.4 Å². The number of urea groups is 1. The molecule has 2 amide bonds. The van der Waals surface area contributed by atoms with Crippen molar-refractivity contribution in [2.45, 2.75) is 0 Å². The van der Waals surface area contributed by atoms with Crippen molar-refractivity contribution in [3.05, 3.63) is 24.3 Å². The van der Waals surface area contributed by atoms with Gasteiger partial charge in [-0.1, -0.05) is 6.07 Å². The van der Waals surface area contributed by atoms with Gasteiger partial charge in [0.2, 0.25) is 0 Å². The van der Waals surface area contributed by atoms with E-state index in [0.717, 1.165) is 24.5 Å². The van der Waals surface area contributed by atoms with E-state index in [-0.39, 0.29) is 6.03 Å². The van der Waals surface area contributed by atoms with Gasteiger partial charge in [-0.2, -0.15) is 0 Å². The van der Waals surface area contributed by atoms with Crippen LogP contribution in [0.15, 0.2) is 24.3 Å². The number of anilines is 2. The van der Waals surface area contributed by atoms with Crippen LogP contribution in [-0.2, 0) is 0 Å². The lowest BCUT2D eigenvalue weighted by Gasteiger charge is -2.14. The Morgan fingerprint density at radius 1 is 1.50 bits per heavy atom. The maximum absolute atomic E-state index is 11.4. The average Bonchev–Trinajstić information content (AvgIpc) is 2.65. The van der Waals surface area contributed by atoms with E-state index in [9.17, 15) is 4.79 Å². The van der Waals surface area contributed by atoms with E-state index >= 15 is 0 Å². The Morgan fingerprint density at radius 2 is 2.36 bits per heavy atom. The smallest absolute Gasteiger partial charge is 0.321 e. The van der Waals surface area contributed by atoms with Crippen LogP contribution in [0.25, 0.3) is 0 Å². The van der Waals surface area contributed by atoms with Crippen molar-refractivity contribution in [2.24, 2.45) is 0 Å². The first-order valence-corrected chi connectivity index (χ1v) is 4.64. The molecule has 0 aromatic heterocycles. The van der Waals surface area contributed by atoms with Gasteiger partial charge in [-0.25, -0.2) is 4.79 Å². The summed E-state index contributed by atoms with van der Waals surface area (Å²) >= 11 is 0. The molecule has 2 rings (SSSR count). The Bertz CT molecular complexity index is 351. The fourth-order valence-corrected chi connectivity index (χ4v) is 1.55. The average molecular weight is 191 g/mol. The van der Waals surface area contributed by atoms with Crippen LogP contribution in [0.5, 0.6) is 0 Å². The second-order valence-corrected chi connectivity index (χ2v) is 3.18. The second kappa shape index (κ2) is 3.57. The van der Waals surface area contributed by atoms with Crippen LogP contribution in [0.1, 0.15) is 0 Å². The first kappa shape index (κ1) is 8.87. The molecule has 0 bridgehead atoms. The Balaban J connectivity index is 2.26. The van der Waals surface area contributed by atoms with Crippen molar-refractivity contribution < 1.29 is 4.79 Å². The number of nitrogens with one attached hydrogen (secondary N) is 2. The highest BCUT2D eigenvalue weighted by atomic mass is 16.2. The van der Waals surface area contributed by atoms with Crippen LogP contribution in [-0.4, -0.2) is 26.2 Å². The monoisotopic (exact) mass is 191 g/mol. The van der Waals surface area contributed by atoms with Gasteiger partial charge in [0.1, 0.15) is 0 Å². The Labute approximate surface area is 82.9 Å². The van der Waals surface area contributed by atoms with Crippen molar-refractivity contribution in [1.29, 1.82) is 0 Å². The zero-order valence-electron chi connectivity index (χ0n) is 8.08. The molecular formula is C10H13N3O. The quantitative estimate of drug-likeness (QED) is 0.739. The molecule has 4 nitrogen and oxygen atoms in total. The van der Waals surface area contributed by atoms with Gasteiger partial charge < -0.3 is 10.6 Å². The largest absolute Gasteiger partial charge is 0.388 e. The van der Waals surface area contributed by atoms with Gasteiger partial charge in [0.25, 0.3) is 0 Å². The predicted octanol–water partition coefficient (Wildman–Crippen LogP) is 1.26. The van der Waals surface area contributed by atoms with Crippen LogP contribution in [0.2, 0.25) is 0 Å². The van der Waals surface area contributed by atoms with Crippen LogP contribution in [0, 0.1) is 0 Å². The summed E-state index contributed by atoms with van der Waals surface area (Å²) < 4.78 is 0. The van der Waals surface area contributed by atoms with Crippen LogP contribution in [0.3, 0.4) is 0 Å². The highest BCUT2D eigenvalue weighted by Gasteiger charge is 2.20. The molecule has 0 saturated carbocycles. The Hall–Kier alpha value is -1.71. The van der Waals surface area contributed by atoms with Gasteiger partial charge in [-0.3, -0.25) is 4.90 Å². The molecule has 0 spiro atoms. The number of rotatable bonds is 2. The van der Waals surface area contributed by atoms with E-state index < -0.39 is 0 Å². The molecule has 2 N–H and O–H groups in total. The number of benzene rings is 1. The Kier molecular flexibility index (Phi) is 2.26. The molecule has 1 aromatic rings. The minimum absolute atomic E-state index is 0.0155. The fraction of sp³-hybridized carbons (Fsp3) is 0.300. The summed E-state index contributed by atoms with van der Waals surface area (Å²) in [5, 5.41) is 5.82. The molecule has 0 unspecified atom stereocenters. The van der Waals surface area contributed by atoms with Gasteiger partial charge in [-0.05, 0) is 18.2 Å². The summed E-state index contributed by atoms with van der Waals surface area (Å²) in [5.74, 6) is 0. The maximum atomic E-state index is 11.4. The number of nitrogens with zero attached hydrogens (tertiary/aromatic N) is 1. The molecule has 4 heteroatoms. The van der Waals surface area contributed by atoms with Crippen molar-refractivity contribution >= 4 is 17.4 Å². The number of hydrogen-bond acceptors (Lipinski definition) is 2. The minimum Gasteiger partial charge on any atom is -0.388 e. The van der Waals surface area contributed by atoms with Gasteiger partial charge in [0.15, 0.2) is 0 Å². The normalized spacial score (nSPS) is 15.5. The zero-order chi connectivity index (χ0) is 9.97. The van der Waals surface area contributed by atoms with Crippen molar-refractivity contribution in [3.63, 3.8) is 0 Å². The van der Waals surface area contributed by atoms with E-state index in [1.807, 2.05) is 31.3 Å². The SMILES string of the molecule is CNc1cccc(N2CCNC2=O)c1. The van der Waals surface area contributed by atoms with E-state index in [1.165, 1.54) is 0 Å². The molecule has 1 aromatic carbocycles. The third-order valence-electron chi connectivity index (χ3n) is 2.30. The summed E-state index contributed by atoms with van der Waals surface area (Å²) in [6.07, 6.45) is 0. The van der Waals surface area contributed by atoms with E-state index in [2.05, 4.69) is 10.6 Å². The molecular weight excluding hydrogens is 178 g/mol. The number of carbonyl (C=O) groups is 1. The first-order valence-electron chi connectivity index (χ1n) is 4.64. The lowest BCUT2D eigenvalue weighted by molar-refractivity contribution is 0.252. The van der Waals surface area contributed by atoms with Crippen molar-refractivity contribution in [3.8, 4) is 0 Å². The molecule has 74 valence electrons. The molecule has 0 aliphatic carbocycles. The summed E-state index contributed by atoms with van der Waals surface area (Å²) in [7, 11) is 1.86. The van der Waals surface area contributed by atoms with Crippen LogP contribution in [0.4, 0.5) is 16.2 Å². The van der Waals surface area contributed by atoms with Gasteiger partial charge in [0, 0.05) is 31.5 Å². The standard InChI is InChI=1S/C10H13N3O/c1-11-8-3-2-4-9(7-8)13-6-5-12-10(13)14/h2-4,7,11H,5-6H2,1H3,(H,12,14). The first-order chi connectivity index (χ1) is 6.81. The molecule has 1 aliphatic rings. The van der Waals surface area contributed by atoms with Gasteiger partial charge in [-0.15, -0.1) is 0 Å². The highest BCUT2D eigenvalue weighted by Crippen LogP contribution is 2.20. The second-order valence-electron chi connectivity index (χ2n) is 3.18. The minimum atomic E-state index is -0.0155. The third-order valence-corrected chi connectivity index (χ3v) is 2.30. The molecule has 1 fully saturated rings. The predicted molar refractivity (Wildman–Crippen MR) is 56.7 cm³/mol. The molecule has 0 atom stereocenters. The van der Waals surface area contributed by atoms with Crippen molar-refractivity contribution in [1.82, 2.24) is 5.32 Å². The molecule has 0 radical (unpaired) electrons. The van der Waals surface area contributed by atoms with Gasteiger partial charge >= 0.3 is 6.03 Å². The molecule has 1 aliphatic heterocycles. The number of amides is 2. The van der Waals surface area contributed by atoms with Crippen LogP contribution < -0.4 is 15.5 Å². The number of carbonyl (C=O) groups excluding carboxylic acids is 1. The molecule has 14 heavy (non-hydrogen) atoms. The highest BCUT2D eigenvalue weighted by molar-refractivity contribution is 5.94. The zero-order valence-corrected chi connectivity index (χ0v) is 8.08. The summed E-state index contributed by atoms with van der Waals surface area (Å²) in [4.78, 5) is 13.1. The lowest BCUT2D eigenvalue weighted by atomic mass is 10.2. The maximum Gasteiger partial charge on any atom is 0.321 e. The summed E-state index contributed by atoms with van der Waals surface area (Å²) in [5.41, 5.74) is 1.95. The lowest BCUT2D eigenvalue weighted by Crippen LogP contribution is -2.27. The van der Waals surface area contributed by atoms with E-state index in [0.29, 0.717) is 0 Å². The van der Waals surface area contributed by atoms with E-state index in [4.69, 9.17) is 0 Å². The van der Waals surface area contributed by atoms with E-state index in [1.54, 1.807) is 4.90 Å². The topological polar surface area (TPSA) is 44.4 Å². The molecule has 1 heterocycles. The van der Waals surface area contributed by atoms with Crippen LogP contribution >= 0.6 is 0 Å². The summed E-state index contributed by atoms with van der Waals surface area (Å²) in [6, 6.07) is 7.79. The number of hydrogen-bond donors (Lipinski definition) is 2. The Morgan fingerprint density at radius 3 is 3.00 bits per heavy atom. The fourth-order valence-electron chi connectivity index (χ4n) is 1.55. The third kappa shape index (κ3) is 1.51. The van der Waals surface area contributed by atoms with Gasteiger partial charge in [0.05, 0.1) is 0 Å². The molecule has 1 saturated heterocycles. The summed E-state index contributed by atoms with van der Waals surface area (Å²) in [6.45, 7) is 1.47.